The Bertz CT molecular complexity index is 422. The van der Waals surface area contributed by atoms with Gasteiger partial charge in [0, 0.05) is 9.58 Å². The van der Waals surface area contributed by atoms with Crippen LogP contribution < -0.4 is 5.48 Å². The smallest absolute Gasteiger partial charge is 0.0555 e. The molecule has 3 heteroatoms. The minimum atomic E-state index is 0.533. The Kier molecular flexibility index (Phi) is 2.31. The van der Waals surface area contributed by atoms with Gasteiger partial charge in [0.1, 0.15) is 0 Å². The molecule has 1 heterocycles. The first kappa shape index (κ1) is 8.69. The molecule has 0 bridgehead atoms. The summed E-state index contributed by atoms with van der Waals surface area (Å²) >= 11 is 1.73. The molecule has 0 aliphatic heterocycles. The fourth-order valence-electron chi connectivity index (χ4n) is 1.47. The summed E-state index contributed by atoms with van der Waals surface area (Å²) in [5.41, 5.74) is 3.46. The number of fused-ring (bicyclic) bond motifs is 1. The lowest BCUT2D eigenvalue weighted by atomic mass is 10.1. The lowest BCUT2D eigenvalue weighted by Crippen LogP contribution is -2.05. The molecule has 2 aromatic rings. The van der Waals surface area contributed by atoms with Gasteiger partial charge in [-0.2, -0.15) is 0 Å². The second kappa shape index (κ2) is 3.46. The van der Waals surface area contributed by atoms with Crippen molar-refractivity contribution in [3.8, 4) is 0 Å². The van der Waals surface area contributed by atoms with E-state index in [1.807, 2.05) is 12.1 Å². The van der Waals surface area contributed by atoms with Gasteiger partial charge in [0.15, 0.2) is 0 Å². The maximum absolute atomic E-state index is 8.63. The van der Waals surface area contributed by atoms with Gasteiger partial charge in [-0.05, 0) is 23.9 Å². The van der Waals surface area contributed by atoms with Crippen molar-refractivity contribution < 1.29 is 5.21 Å². The molecule has 1 aromatic heterocycles. The van der Waals surface area contributed by atoms with Gasteiger partial charge in [-0.1, -0.05) is 18.2 Å². The van der Waals surface area contributed by atoms with E-state index in [1.54, 1.807) is 11.3 Å². The average Bonchev–Trinajstić information content (AvgIpc) is 2.46. The van der Waals surface area contributed by atoms with Gasteiger partial charge in [0.2, 0.25) is 0 Å². The Hall–Kier alpha value is -0.900. The van der Waals surface area contributed by atoms with Crippen LogP contribution in [0.5, 0.6) is 0 Å². The van der Waals surface area contributed by atoms with E-state index in [0.29, 0.717) is 6.54 Å². The number of nitrogens with one attached hydrogen (secondary N) is 1. The van der Waals surface area contributed by atoms with Crippen LogP contribution in [0, 0.1) is 6.92 Å². The Morgan fingerprint density at radius 1 is 1.38 bits per heavy atom. The zero-order chi connectivity index (χ0) is 9.26. The molecule has 0 amide bonds. The predicted octanol–water partition coefficient (Wildman–Crippen LogP) is 2.69. The molecular formula is C10H11NOS. The molecule has 0 radical (unpaired) electrons. The molecule has 0 fully saturated rings. The summed E-state index contributed by atoms with van der Waals surface area (Å²) < 4.78 is 1.28. The molecular weight excluding hydrogens is 182 g/mol. The minimum Gasteiger partial charge on any atom is -0.316 e. The fourth-order valence-corrected chi connectivity index (χ4v) is 2.61. The van der Waals surface area contributed by atoms with Crippen molar-refractivity contribution in [1.29, 1.82) is 0 Å². The molecule has 0 saturated carbocycles. The number of thiophene rings is 1. The average molecular weight is 193 g/mol. The number of hydrogen-bond donors (Lipinski definition) is 2. The number of rotatable bonds is 2. The summed E-state index contributed by atoms with van der Waals surface area (Å²) in [7, 11) is 0. The summed E-state index contributed by atoms with van der Waals surface area (Å²) in [6, 6.07) is 8.29. The molecule has 2 N–H and O–H groups in total. The highest BCUT2D eigenvalue weighted by atomic mass is 32.1. The van der Waals surface area contributed by atoms with Gasteiger partial charge in [-0.25, -0.2) is 5.48 Å². The minimum absolute atomic E-state index is 0.533. The van der Waals surface area contributed by atoms with E-state index < -0.39 is 0 Å². The predicted molar refractivity (Wildman–Crippen MR) is 55.2 cm³/mol. The summed E-state index contributed by atoms with van der Waals surface area (Å²) in [4.78, 5) is 1.20. The largest absolute Gasteiger partial charge is 0.316 e. The molecule has 2 rings (SSSR count). The molecule has 13 heavy (non-hydrogen) atoms. The highest BCUT2D eigenvalue weighted by molar-refractivity contribution is 7.19. The van der Waals surface area contributed by atoms with E-state index in [4.69, 9.17) is 5.21 Å². The Morgan fingerprint density at radius 2 is 2.15 bits per heavy atom. The van der Waals surface area contributed by atoms with Crippen molar-refractivity contribution >= 4 is 21.4 Å². The zero-order valence-corrected chi connectivity index (χ0v) is 8.19. The molecule has 0 aliphatic rings. The van der Waals surface area contributed by atoms with E-state index in [1.165, 1.54) is 20.5 Å². The lowest BCUT2D eigenvalue weighted by Gasteiger charge is -1.95. The summed E-state index contributed by atoms with van der Waals surface area (Å²) in [5.74, 6) is 0. The Balaban J connectivity index is 2.60. The van der Waals surface area contributed by atoms with Crippen LogP contribution in [-0.4, -0.2) is 5.21 Å². The fraction of sp³-hybridized carbons (Fsp3) is 0.200. The van der Waals surface area contributed by atoms with Crippen molar-refractivity contribution in [3.05, 3.63) is 34.7 Å². The highest BCUT2D eigenvalue weighted by Crippen LogP contribution is 2.30. The quantitative estimate of drug-likeness (QED) is 0.719. The zero-order valence-electron chi connectivity index (χ0n) is 7.37. The van der Waals surface area contributed by atoms with Crippen LogP contribution in [-0.2, 0) is 6.54 Å². The van der Waals surface area contributed by atoms with Gasteiger partial charge in [-0.15, -0.1) is 11.3 Å². The van der Waals surface area contributed by atoms with Crippen LogP contribution >= 0.6 is 11.3 Å². The number of aryl methyl sites for hydroxylation is 1. The molecule has 68 valence electrons. The van der Waals surface area contributed by atoms with E-state index in [9.17, 15) is 0 Å². The molecule has 1 aromatic carbocycles. The normalized spacial score (nSPS) is 10.9. The maximum Gasteiger partial charge on any atom is 0.0555 e. The summed E-state index contributed by atoms with van der Waals surface area (Å²) in [6.45, 7) is 2.62. The van der Waals surface area contributed by atoms with Crippen molar-refractivity contribution in [3.63, 3.8) is 0 Å². The molecule has 2 nitrogen and oxygen atoms in total. The first-order chi connectivity index (χ1) is 6.33. The van der Waals surface area contributed by atoms with Gasteiger partial charge >= 0.3 is 0 Å². The van der Waals surface area contributed by atoms with Crippen LogP contribution in [0.15, 0.2) is 24.3 Å². The third-order valence-electron chi connectivity index (χ3n) is 2.18. The SMILES string of the molecule is Cc1c(CNO)sc2ccccc12. The molecule has 0 aliphatic carbocycles. The monoisotopic (exact) mass is 193 g/mol. The van der Waals surface area contributed by atoms with Crippen LogP contribution in [0.1, 0.15) is 10.4 Å². The number of benzene rings is 1. The number of hydrogen-bond acceptors (Lipinski definition) is 3. The maximum atomic E-state index is 8.63. The van der Waals surface area contributed by atoms with Gasteiger partial charge < -0.3 is 5.21 Å². The highest BCUT2D eigenvalue weighted by Gasteiger charge is 2.06. The third-order valence-corrected chi connectivity index (χ3v) is 3.45. The first-order valence-electron chi connectivity index (χ1n) is 4.17. The number of hydroxylamine groups is 1. The third kappa shape index (κ3) is 1.46. The Morgan fingerprint density at radius 3 is 2.85 bits per heavy atom. The summed E-state index contributed by atoms with van der Waals surface area (Å²) in [6.07, 6.45) is 0. The van der Waals surface area contributed by atoms with Crippen molar-refractivity contribution in [2.45, 2.75) is 13.5 Å². The van der Waals surface area contributed by atoms with Gasteiger partial charge in [0.25, 0.3) is 0 Å². The standard InChI is InChI=1S/C10H11NOS/c1-7-8-4-2-3-5-9(8)13-10(7)6-11-12/h2-5,11-12H,6H2,1H3. The van der Waals surface area contributed by atoms with Crippen LogP contribution in [0.25, 0.3) is 10.1 Å². The van der Waals surface area contributed by atoms with Crippen molar-refractivity contribution in [2.24, 2.45) is 0 Å². The van der Waals surface area contributed by atoms with Crippen molar-refractivity contribution in [1.82, 2.24) is 5.48 Å². The van der Waals surface area contributed by atoms with Crippen LogP contribution in [0.2, 0.25) is 0 Å². The Labute approximate surface area is 80.8 Å². The first-order valence-corrected chi connectivity index (χ1v) is 4.98. The van der Waals surface area contributed by atoms with E-state index in [-0.39, 0.29) is 0 Å². The van der Waals surface area contributed by atoms with Crippen LogP contribution in [0.3, 0.4) is 0 Å². The molecule has 0 unspecified atom stereocenters. The second-order valence-electron chi connectivity index (χ2n) is 2.98. The molecule has 0 atom stereocenters. The van der Waals surface area contributed by atoms with E-state index in [0.717, 1.165) is 0 Å². The van der Waals surface area contributed by atoms with E-state index >= 15 is 0 Å². The van der Waals surface area contributed by atoms with E-state index in [2.05, 4.69) is 24.5 Å². The van der Waals surface area contributed by atoms with Gasteiger partial charge in [-0.3, -0.25) is 0 Å². The topological polar surface area (TPSA) is 32.3 Å². The molecule has 0 saturated heterocycles. The second-order valence-corrected chi connectivity index (χ2v) is 4.12. The summed E-state index contributed by atoms with van der Waals surface area (Å²) in [5, 5.41) is 9.92. The van der Waals surface area contributed by atoms with Gasteiger partial charge in [0.05, 0.1) is 6.54 Å². The molecule has 0 spiro atoms. The van der Waals surface area contributed by atoms with Crippen molar-refractivity contribution in [2.75, 3.05) is 0 Å². The lowest BCUT2D eigenvalue weighted by molar-refractivity contribution is 0.162. The van der Waals surface area contributed by atoms with Crippen LogP contribution in [0.4, 0.5) is 0 Å².